The Bertz CT molecular complexity index is 100. The van der Waals surface area contributed by atoms with Gasteiger partial charge in [-0.05, 0) is 13.8 Å². The van der Waals surface area contributed by atoms with Gasteiger partial charge in [0.2, 0.25) is 0 Å². The Hall–Kier alpha value is 0.500. The van der Waals surface area contributed by atoms with E-state index in [4.69, 9.17) is 28.3 Å². The minimum atomic E-state index is -0.477. The van der Waals surface area contributed by atoms with Crippen LogP contribution in [0.2, 0.25) is 0 Å². The summed E-state index contributed by atoms with van der Waals surface area (Å²) in [5.74, 6) is 0.260. The zero-order chi connectivity index (χ0) is 8.85. The molecule has 2 N–H and O–H groups in total. The molecule has 0 aromatic rings. The number of hydrogen-bond acceptors (Lipinski definition) is 2. The van der Waals surface area contributed by atoms with E-state index in [1.165, 1.54) is 0 Å². The molecule has 11 heavy (non-hydrogen) atoms. The van der Waals surface area contributed by atoms with E-state index in [0.29, 0.717) is 6.54 Å². The van der Waals surface area contributed by atoms with Crippen molar-refractivity contribution in [1.82, 2.24) is 5.32 Å². The molecule has 0 spiro atoms. The Morgan fingerprint density at radius 1 is 1.45 bits per heavy atom. The third kappa shape index (κ3) is 5.74. The summed E-state index contributed by atoms with van der Waals surface area (Å²) in [6.45, 7) is 4.38. The largest absolute Gasteiger partial charge is 0.391 e. The molecule has 1 unspecified atom stereocenters. The number of rotatable bonds is 5. The van der Waals surface area contributed by atoms with Crippen LogP contribution in [0.15, 0.2) is 0 Å². The molecule has 0 heterocycles. The van der Waals surface area contributed by atoms with Gasteiger partial charge in [0.25, 0.3) is 0 Å². The Morgan fingerprint density at radius 2 is 2.00 bits per heavy atom. The van der Waals surface area contributed by atoms with E-state index in [-0.39, 0.29) is 17.3 Å². The molecule has 0 amide bonds. The summed E-state index contributed by atoms with van der Waals surface area (Å²) < 4.78 is 0. The fourth-order valence-corrected chi connectivity index (χ4v) is 0.737. The highest BCUT2D eigenvalue weighted by Crippen LogP contribution is 2.00. The van der Waals surface area contributed by atoms with Crippen LogP contribution in [0.4, 0.5) is 0 Å². The molecule has 0 aliphatic heterocycles. The Balaban J connectivity index is 3.37. The molecule has 0 saturated heterocycles. The van der Waals surface area contributed by atoms with Crippen molar-refractivity contribution < 1.29 is 5.11 Å². The van der Waals surface area contributed by atoms with Crippen molar-refractivity contribution in [3.8, 4) is 0 Å². The molecule has 0 aromatic heterocycles. The van der Waals surface area contributed by atoms with Crippen LogP contribution in [-0.2, 0) is 0 Å². The second-order valence-corrected chi connectivity index (χ2v) is 3.68. The van der Waals surface area contributed by atoms with Crippen LogP contribution in [0.5, 0.6) is 0 Å². The van der Waals surface area contributed by atoms with Crippen molar-refractivity contribution in [2.75, 3.05) is 12.4 Å². The standard InChI is InChI=1S/C7H15Cl2NO/c1-5(9)6(2)10-4-7(11)3-8/h5-7,10-11H,3-4H2,1-2H3/t5-,6?,7+/m1/s1. The van der Waals surface area contributed by atoms with Gasteiger partial charge in [0, 0.05) is 23.8 Å². The highest BCUT2D eigenvalue weighted by atomic mass is 35.5. The molecule has 0 fully saturated rings. The molecule has 0 aliphatic carbocycles. The lowest BCUT2D eigenvalue weighted by atomic mass is 10.2. The molecule has 0 rings (SSSR count). The van der Waals surface area contributed by atoms with Crippen molar-refractivity contribution in [2.45, 2.75) is 31.4 Å². The smallest absolute Gasteiger partial charge is 0.0799 e. The summed E-state index contributed by atoms with van der Waals surface area (Å²) >= 11 is 11.2. The van der Waals surface area contributed by atoms with E-state index in [2.05, 4.69) is 5.32 Å². The van der Waals surface area contributed by atoms with Crippen LogP contribution in [-0.4, -0.2) is 35.1 Å². The second-order valence-electron chi connectivity index (χ2n) is 2.68. The lowest BCUT2D eigenvalue weighted by Gasteiger charge is -2.17. The molecule has 0 bridgehead atoms. The van der Waals surface area contributed by atoms with Gasteiger partial charge in [-0.15, -0.1) is 23.2 Å². The summed E-state index contributed by atoms with van der Waals surface area (Å²) in [4.78, 5) is 0. The van der Waals surface area contributed by atoms with Crippen LogP contribution in [0, 0.1) is 0 Å². The summed E-state index contributed by atoms with van der Waals surface area (Å²) in [6, 6.07) is 0.203. The summed E-state index contributed by atoms with van der Waals surface area (Å²) in [5, 5.41) is 12.2. The molecule has 0 radical (unpaired) electrons. The van der Waals surface area contributed by atoms with Crippen molar-refractivity contribution >= 4 is 23.2 Å². The monoisotopic (exact) mass is 199 g/mol. The number of alkyl halides is 2. The van der Waals surface area contributed by atoms with Gasteiger partial charge >= 0.3 is 0 Å². The summed E-state index contributed by atoms with van der Waals surface area (Å²) in [6.07, 6.45) is -0.477. The van der Waals surface area contributed by atoms with Crippen molar-refractivity contribution in [2.24, 2.45) is 0 Å². The second kappa shape index (κ2) is 6.06. The van der Waals surface area contributed by atoms with Gasteiger partial charge in [0.1, 0.15) is 0 Å². The van der Waals surface area contributed by atoms with E-state index in [9.17, 15) is 0 Å². The van der Waals surface area contributed by atoms with Crippen LogP contribution >= 0.6 is 23.2 Å². The lowest BCUT2D eigenvalue weighted by molar-refractivity contribution is 0.190. The Morgan fingerprint density at radius 3 is 2.36 bits per heavy atom. The minimum Gasteiger partial charge on any atom is -0.391 e. The van der Waals surface area contributed by atoms with Crippen LogP contribution in [0.1, 0.15) is 13.8 Å². The zero-order valence-corrected chi connectivity index (χ0v) is 8.36. The maximum atomic E-state index is 9.05. The van der Waals surface area contributed by atoms with E-state index in [0.717, 1.165) is 0 Å². The molecule has 0 aromatic carbocycles. The SMILES string of the molecule is CC(NC[C@@H](O)CCl)[C@@H](C)Cl. The van der Waals surface area contributed by atoms with Gasteiger partial charge < -0.3 is 10.4 Å². The van der Waals surface area contributed by atoms with Crippen LogP contribution in [0.25, 0.3) is 0 Å². The maximum absolute atomic E-state index is 9.05. The molecule has 0 aliphatic rings. The zero-order valence-electron chi connectivity index (χ0n) is 6.85. The Labute approximate surface area is 77.9 Å². The predicted molar refractivity (Wildman–Crippen MR) is 49.5 cm³/mol. The number of aliphatic hydroxyl groups is 1. The van der Waals surface area contributed by atoms with Crippen molar-refractivity contribution in [3.05, 3.63) is 0 Å². The molecule has 68 valence electrons. The van der Waals surface area contributed by atoms with E-state index >= 15 is 0 Å². The fraction of sp³-hybridized carbons (Fsp3) is 1.00. The first-order valence-electron chi connectivity index (χ1n) is 3.69. The van der Waals surface area contributed by atoms with Gasteiger partial charge in [-0.1, -0.05) is 0 Å². The van der Waals surface area contributed by atoms with Gasteiger partial charge in [-0.25, -0.2) is 0 Å². The molecule has 3 atom stereocenters. The van der Waals surface area contributed by atoms with E-state index < -0.39 is 6.10 Å². The average Bonchev–Trinajstić information content (AvgIpc) is 1.99. The maximum Gasteiger partial charge on any atom is 0.0799 e. The minimum absolute atomic E-state index is 0.0672. The van der Waals surface area contributed by atoms with Gasteiger partial charge in [0.15, 0.2) is 0 Å². The van der Waals surface area contributed by atoms with Crippen molar-refractivity contribution in [3.63, 3.8) is 0 Å². The summed E-state index contributed by atoms with van der Waals surface area (Å²) in [7, 11) is 0. The predicted octanol–water partition coefficient (Wildman–Crippen LogP) is 1.19. The number of aliphatic hydroxyl groups excluding tert-OH is 1. The highest BCUT2D eigenvalue weighted by Gasteiger charge is 2.09. The average molecular weight is 200 g/mol. The quantitative estimate of drug-likeness (QED) is 0.653. The first-order valence-corrected chi connectivity index (χ1v) is 4.66. The summed E-state index contributed by atoms with van der Waals surface area (Å²) in [5.41, 5.74) is 0. The fourth-order valence-electron chi connectivity index (χ4n) is 0.539. The normalized spacial score (nSPS) is 19.4. The van der Waals surface area contributed by atoms with E-state index in [1.807, 2.05) is 13.8 Å². The molecule has 2 nitrogen and oxygen atoms in total. The highest BCUT2D eigenvalue weighted by molar-refractivity contribution is 6.20. The van der Waals surface area contributed by atoms with Crippen LogP contribution < -0.4 is 5.32 Å². The Kier molecular flexibility index (Phi) is 6.34. The number of hydrogen-bond donors (Lipinski definition) is 2. The lowest BCUT2D eigenvalue weighted by Crippen LogP contribution is -2.38. The third-order valence-electron chi connectivity index (χ3n) is 1.54. The molecule has 4 heteroatoms. The van der Waals surface area contributed by atoms with Crippen LogP contribution in [0.3, 0.4) is 0 Å². The number of nitrogens with one attached hydrogen (secondary N) is 1. The molecular formula is C7H15Cl2NO. The first kappa shape index (κ1) is 11.5. The van der Waals surface area contributed by atoms with E-state index in [1.54, 1.807) is 0 Å². The molecular weight excluding hydrogens is 185 g/mol. The topological polar surface area (TPSA) is 32.3 Å². The van der Waals surface area contributed by atoms with Gasteiger partial charge in [0.05, 0.1) is 6.10 Å². The first-order chi connectivity index (χ1) is 5.07. The number of halogens is 2. The van der Waals surface area contributed by atoms with Crippen molar-refractivity contribution in [1.29, 1.82) is 0 Å². The van der Waals surface area contributed by atoms with Gasteiger partial charge in [-0.2, -0.15) is 0 Å². The van der Waals surface area contributed by atoms with Gasteiger partial charge in [-0.3, -0.25) is 0 Å². The third-order valence-corrected chi connectivity index (χ3v) is 2.28. The molecule has 0 saturated carbocycles.